The molecule has 3 atom stereocenters. The van der Waals surface area contributed by atoms with Gasteiger partial charge in [0.25, 0.3) is 0 Å². The second kappa shape index (κ2) is 9.87. The maximum absolute atomic E-state index is 12.7. The van der Waals surface area contributed by atoms with Gasteiger partial charge in [0.1, 0.15) is 12.2 Å². The maximum atomic E-state index is 12.7. The molecule has 2 aromatic rings. The van der Waals surface area contributed by atoms with Crippen molar-refractivity contribution < 1.29 is 9.53 Å². The molecule has 1 aliphatic heterocycles. The minimum Gasteiger partial charge on any atom is -0.378 e. The number of urea groups is 1. The number of benzene rings is 1. The van der Waals surface area contributed by atoms with Crippen LogP contribution in [0.2, 0.25) is 0 Å². The summed E-state index contributed by atoms with van der Waals surface area (Å²) in [5.74, 6) is 1.47. The van der Waals surface area contributed by atoms with Crippen molar-refractivity contribution in [2.75, 3.05) is 32.1 Å². The minimum absolute atomic E-state index is 0.191. The van der Waals surface area contributed by atoms with Crippen LogP contribution in [0.25, 0.3) is 0 Å². The fourth-order valence-electron chi connectivity index (χ4n) is 5.58. The summed E-state index contributed by atoms with van der Waals surface area (Å²) in [6, 6.07) is 8.14. The molecule has 9 heteroatoms. The van der Waals surface area contributed by atoms with Gasteiger partial charge in [-0.1, -0.05) is 19.1 Å². The summed E-state index contributed by atoms with van der Waals surface area (Å²) in [6.45, 7) is 9.18. The Morgan fingerprint density at radius 1 is 1.38 bits per heavy atom. The largest absolute Gasteiger partial charge is 0.378 e. The molecule has 1 saturated heterocycles. The van der Waals surface area contributed by atoms with Gasteiger partial charge in [-0.15, -0.1) is 10.2 Å². The number of nitrogens with zero attached hydrogens (tertiary/aromatic N) is 4. The molecular weight excluding hydrogens is 448 g/mol. The van der Waals surface area contributed by atoms with Crippen LogP contribution in [-0.4, -0.2) is 69.3 Å². The van der Waals surface area contributed by atoms with Gasteiger partial charge in [-0.2, -0.15) is 12.6 Å². The standard InChI is InChI=1S/C25H38N6O2S/c1-17-13-31(10-9-21(17)34)18(2)12-26-23(32)28-20-8-6-7-19(11-20)25(14-24(3,15-25)33-5)22-29-27-16-30(22)4/h6-8,11,16-18,21,34H,9-10,12-15H2,1-5H3,(H2,26,28,32)/t17-,18?,21?,24?,25?/m1/s1. The third-order valence-corrected chi connectivity index (χ3v) is 8.50. The Kier molecular flexibility index (Phi) is 7.26. The Bertz CT molecular complexity index is 1000. The Morgan fingerprint density at radius 2 is 2.15 bits per heavy atom. The SMILES string of the molecule is COC1(C)CC(c2cccc(NC(=O)NCC(C)N3CCC(S)[C@H](C)C3)c2)(c2nncn2C)C1. The third-order valence-electron chi connectivity index (χ3n) is 7.73. The Morgan fingerprint density at radius 3 is 2.79 bits per heavy atom. The molecule has 2 fully saturated rings. The molecular formula is C25H38N6O2S. The first kappa shape index (κ1) is 25.0. The number of piperidine rings is 1. The van der Waals surface area contributed by atoms with Crippen molar-refractivity contribution in [2.45, 2.75) is 62.3 Å². The van der Waals surface area contributed by atoms with Gasteiger partial charge in [0.15, 0.2) is 0 Å². The predicted octanol–water partition coefficient (Wildman–Crippen LogP) is 3.45. The molecule has 2 amide bonds. The minimum atomic E-state index is -0.297. The average Bonchev–Trinajstić information content (AvgIpc) is 3.23. The number of carbonyl (C=O) groups excluding carboxylic acids is 1. The number of aromatic nitrogens is 3. The number of hydrogen-bond acceptors (Lipinski definition) is 6. The molecule has 34 heavy (non-hydrogen) atoms. The highest BCUT2D eigenvalue weighted by Gasteiger charge is 2.56. The van der Waals surface area contributed by atoms with Crippen LogP contribution in [0.15, 0.2) is 30.6 Å². The van der Waals surface area contributed by atoms with Crippen LogP contribution in [0.4, 0.5) is 10.5 Å². The van der Waals surface area contributed by atoms with Gasteiger partial charge in [-0.05, 0) is 63.3 Å². The van der Waals surface area contributed by atoms with Crippen molar-refractivity contribution >= 4 is 24.3 Å². The van der Waals surface area contributed by atoms with Crippen LogP contribution in [0.1, 0.15) is 51.4 Å². The Balaban J connectivity index is 1.41. The van der Waals surface area contributed by atoms with E-state index in [9.17, 15) is 4.79 Å². The highest BCUT2D eigenvalue weighted by molar-refractivity contribution is 7.81. The van der Waals surface area contributed by atoms with E-state index in [1.54, 1.807) is 13.4 Å². The Labute approximate surface area is 208 Å². The first-order chi connectivity index (χ1) is 16.2. The number of anilines is 1. The number of amides is 2. The summed E-state index contributed by atoms with van der Waals surface area (Å²) in [5.41, 5.74) is 1.36. The fourth-order valence-corrected chi connectivity index (χ4v) is 5.79. The normalized spacial score (nSPS) is 30.4. The monoisotopic (exact) mass is 486 g/mol. The van der Waals surface area contributed by atoms with Gasteiger partial charge >= 0.3 is 6.03 Å². The lowest BCUT2D eigenvalue weighted by Gasteiger charge is -2.53. The smallest absolute Gasteiger partial charge is 0.319 e. The zero-order valence-electron chi connectivity index (χ0n) is 20.9. The van der Waals surface area contributed by atoms with E-state index in [-0.39, 0.29) is 23.1 Å². The van der Waals surface area contributed by atoms with Gasteiger partial charge < -0.3 is 19.9 Å². The molecule has 0 bridgehead atoms. The summed E-state index contributed by atoms with van der Waals surface area (Å²) in [4.78, 5) is 15.1. The number of nitrogens with one attached hydrogen (secondary N) is 2. The molecule has 2 heterocycles. The molecule has 1 aromatic carbocycles. The van der Waals surface area contributed by atoms with Crippen LogP contribution in [0.5, 0.6) is 0 Å². The van der Waals surface area contributed by atoms with E-state index in [4.69, 9.17) is 4.74 Å². The summed E-state index contributed by atoms with van der Waals surface area (Å²) in [7, 11) is 3.72. The number of aryl methyl sites for hydroxylation is 1. The summed E-state index contributed by atoms with van der Waals surface area (Å²) in [5, 5.41) is 15.1. The van der Waals surface area contributed by atoms with E-state index in [1.165, 1.54) is 0 Å². The van der Waals surface area contributed by atoms with Gasteiger partial charge in [-0.25, -0.2) is 4.79 Å². The quantitative estimate of drug-likeness (QED) is 0.522. The van der Waals surface area contributed by atoms with Crippen molar-refractivity contribution in [1.29, 1.82) is 0 Å². The van der Waals surface area contributed by atoms with Gasteiger partial charge in [0, 0.05) is 44.2 Å². The lowest BCUT2D eigenvalue weighted by atomic mass is 9.56. The summed E-state index contributed by atoms with van der Waals surface area (Å²) in [6.07, 6.45) is 4.42. The van der Waals surface area contributed by atoms with Crippen LogP contribution < -0.4 is 10.6 Å². The van der Waals surface area contributed by atoms with E-state index in [0.29, 0.717) is 17.7 Å². The van der Waals surface area contributed by atoms with Crippen molar-refractivity contribution in [1.82, 2.24) is 25.0 Å². The van der Waals surface area contributed by atoms with Crippen LogP contribution in [0.3, 0.4) is 0 Å². The van der Waals surface area contributed by atoms with E-state index in [0.717, 1.165) is 49.4 Å². The summed E-state index contributed by atoms with van der Waals surface area (Å²) < 4.78 is 7.73. The van der Waals surface area contributed by atoms with Gasteiger partial charge in [0.2, 0.25) is 0 Å². The van der Waals surface area contributed by atoms with E-state index in [2.05, 4.69) is 65.2 Å². The van der Waals surface area contributed by atoms with E-state index < -0.39 is 0 Å². The molecule has 1 saturated carbocycles. The molecule has 2 aliphatic rings. The van der Waals surface area contributed by atoms with Crippen molar-refractivity contribution in [3.05, 3.63) is 42.0 Å². The van der Waals surface area contributed by atoms with Crippen LogP contribution >= 0.6 is 12.6 Å². The lowest BCUT2D eigenvalue weighted by Crippen LogP contribution is -2.55. The predicted molar refractivity (Wildman–Crippen MR) is 137 cm³/mol. The first-order valence-corrected chi connectivity index (χ1v) is 12.6. The van der Waals surface area contributed by atoms with Crippen molar-refractivity contribution in [2.24, 2.45) is 13.0 Å². The maximum Gasteiger partial charge on any atom is 0.319 e. The topological polar surface area (TPSA) is 84.3 Å². The molecule has 4 rings (SSSR count). The van der Waals surface area contributed by atoms with Crippen LogP contribution in [-0.2, 0) is 17.2 Å². The zero-order chi connectivity index (χ0) is 24.5. The van der Waals surface area contributed by atoms with Gasteiger partial charge in [-0.3, -0.25) is 4.90 Å². The van der Waals surface area contributed by atoms with E-state index >= 15 is 0 Å². The van der Waals surface area contributed by atoms with Crippen molar-refractivity contribution in [3.63, 3.8) is 0 Å². The molecule has 8 nitrogen and oxygen atoms in total. The number of methoxy groups -OCH3 is 1. The molecule has 0 spiro atoms. The number of ether oxygens (including phenoxy) is 1. The first-order valence-electron chi connectivity index (χ1n) is 12.1. The number of rotatable bonds is 7. The number of thiol groups is 1. The zero-order valence-corrected chi connectivity index (χ0v) is 21.8. The number of likely N-dealkylation sites (tertiary alicyclic amines) is 1. The van der Waals surface area contributed by atoms with Gasteiger partial charge in [0.05, 0.1) is 11.0 Å². The molecule has 2 unspecified atom stereocenters. The molecule has 186 valence electrons. The molecule has 2 N–H and O–H groups in total. The summed E-state index contributed by atoms with van der Waals surface area (Å²) >= 11 is 4.66. The highest BCUT2D eigenvalue weighted by Crippen LogP contribution is 2.55. The molecule has 0 radical (unpaired) electrons. The Hall–Kier alpha value is -2.10. The van der Waals surface area contributed by atoms with E-state index in [1.807, 2.05) is 29.8 Å². The van der Waals surface area contributed by atoms with Crippen LogP contribution in [0, 0.1) is 5.92 Å². The number of carbonyl (C=O) groups is 1. The highest BCUT2D eigenvalue weighted by atomic mass is 32.1. The molecule has 1 aliphatic carbocycles. The fraction of sp³-hybridized carbons (Fsp3) is 0.640. The second-order valence-electron chi connectivity index (χ2n) is 10.4. The second-order valence-corrected chi connectivity index (χ2v) is 11.1. The van der Waals surface area contributed by atoms with Crippen molar-refractivity contribution in [3.8, 4) is 0 Å². The average molecular weight is 487 g/mol. The lowest BCUT2D eigenvalue weighted by molar-refractivity contribution is -0.0965. The third kappa shape index (κ3) is 4.97. The molecule has 1 aromatic heterocycles. The number of hydrogen-bond donors (Lipinski definition) is 3.